The van der Waals surface area contributed by atoms with E-state index >= 15 is 0 Å². The number of rotatable bonds is 7. The highest BCUT2D eigenvalue weighted by molar-refractivity contribution is 5.97. The molecule has 2 amide bonds. The van der Waals surface area contributed by atoms with E-state index in [4.69, 9.17) is 4.42 Å². The number of nitrogens with one attached hydrogen (secondary N) is 2. The molecule has 0 aliphatic rings. The summed E-state index contributed by atoms with van der Waals surface area (Å²) in [7, 11) is 0. The Hall–Kier alpha value is -3.41. The Morgan fingerprint density at radius 2 is 1.88 bits per heavy atom. The molecule has 0 spiro atoms. The van der Waals surface area contributed by atoms with Crippen LogP contribution in [0.2, 0.25) is 0 Å². The van der Waals surface area contributed by atoms with Gasteiger partial charge in [-0.1, -0.05) is 30.3 Å². The fraction of sp³-hybridized carbons (Fsp3) is 0.150. The minimum absolute atomic E-state index is 0.264. The van der Waals surface area contributed by atoms with Gasteiger partial charge in [-0.3, -0.25) is 14.6 Å². The molecule has 1 aromatic carbocycles. The first-order valence-corrected chi connectivity index (χ1v) is 8.27. The Morgan fingerprint density at radius 3 is 2.58 bits per heavy atom. The fourth-order valence-electron chi connectivity index (χ4n) is 2.51. The average Bonchev–Trinajstić information content (AvgIpc) is 3.20. The van der Waals surface area contributed by atoms with Crippen molar-refractivity contribution >= 4 is 11.8 Å². The number of benzene rings is 1. The van der Waals surface area contributed by atoms with Gasteiger partial charge in [-0.05, 0) is 29.8 Å². The minimum atomic E-state index is -0.708. The Bertz CT molecular complexity index is 833. The first kappa shape index (κ1) is 17.4. The number of amides is 2. The highest BCUT2D eigenvalue weighted by atomic mass is 16.3. The van der Waals surface area contributed by atoms with Gasteiger partial charge in [0.15, 0.2) is 0 Å². The molecule has 6 nitrogen and oxygen atoms in total. The zero-order valence-corrected chi connectivity index (χ0v) is 14.1. The number of hydrogen-bond donors (Lipinski definition) is 2. The molecule has 0 saturated carbocycles. The molecule has 0 fully saturated rings. The summed E-state index contributed by atoms with van der Waals surface area (Å²) >= 11 is 0. The summed E-state index contributed by atoms with van der Waals surface area (Å²) in [6.07, 6.45) is 4.99. The predicted molar refractivity (Wildman–Crippen MR) is 96.2 cm³/mol. The Morgan fingerprint density at radius 1 is 1.04 bits per heavy atom. The second-order valence-corrected chi connectivity index (χ2v) is 5.75. The fourth-order valence-corrected chi connectivity index (χ4v) is 2.51. The quantitative estimate of drug-likeness (QED) is 0.686. The molecule has 0 bridgehead atoms. The summed E-state index contributed by atoms with van der Waals surface area (Å²) in [4.78, 5) is 29.0. The molecule has 3 aromatic rings. The lowest BCUT2D eigenvalue weighted by Crippen LogP contribution is -2.47. The number of pyridine rings is 1. The number of furan rings is 1. The summed E-state index contributed by atoms with van der Waals surface area (Å²) < 4.78 is 5.22. The van der Waals surface area contributed by atoms with E-state index in [-0.39, 0.29) is 18.4 Å². The molecule has 2 N–H and O–H groups in total. The predicted octanol–water partition coefficient (Wildman–Crippen LogP) is 2.33. The molecule has 26 heavy (non-hydrogen) atoms. The Labute approximate surface area is 151 Å². The summed E-state index contributed by atoms with van der Waals surface area (Å²) in [5, 5.41) is 5.59. The Kier molecular flexibility index (Phi) is 5.77. The third-order valence-corrected chi connectivity index (χ3v) is 3.85. The molecule has 0 saturated heterocycles. The lowest BCUT2D eigenvalue weighted by molar-refractivity contribution is -0.123. The molecular formula is C20H19N3O3. The van der Waals surface area contributed by atoms with E-state index in [1.54, 1.807) is 36.7 Å². The van der Waals surface area contributed by atoms with Crippen LogP contribution < -0.4 is 10.6 Å². The van der Waals surface area contributed by atoms with Crippen molar-refractivity contribution in [3.05, 3.63) is 90.1 Å². The van der Waals surface area contributed by atoms with Crippen LogP contribution in [0, 0.1) is 0 Å². The van der Waals surface area contributed by atoms with Gasteiger partial charge < -0.3 is 15.1 Å². The van der Waals surface area contributed by atoms with Crippen molar-refractivity contribution in [1.29, 1.82) is 0 Å². The largest absolute Gasteiger partial charge is 0.467 e. The van der Waals surface area contributed by atoms with Crippen molar-refractivity contribution in [2.24, 2.45) is 0 Å². The molecule has 0 aliphatic carbocycles. The normalized spacial score (nSPS) is 11.5. The van der Waals surface area contributed by atoms with Crippen molar-refractivity contribution in [3.8, 4) is 0 Å². The molecule has 2 heterocycles. The number of hydrogen-bond acceptors (Lipinski definition) is 4. The number of carbonyl (C=O) groups is 2. The highest BCUT2D eigenvalue weighted by Gasteiger charge is 2.22. The third kappa shape index (κ3) is 4.80. The van der Waals surface area contributed by atoms with Crippen LogP contribution in [0.4, 0.5) is 0 Å². The van der Waals surface area contributed by atoms with E-state index < -0.39 is 6.04 Å². The topological polar surface area (TPSA) is 84.2 Å². The standard InChI is InChI=1S/C20H19N3O3/c24-19(16-8-4-10-21-13-16)23-18(12-15-6-2-1-3-7-15)20(25)22-14-17-9-5-11-26-17/h1-11,13,18H,12,14H2,(H,22,25)(H,23,24). The highest BCUT2D eigenvalue weighted by Crippen LogP contribution is 2.06. The molecule has 6 heteroatoms. The van der Waals surface area contributed by atoms with E-state index in [1.165, 1.54) is 6.20 Å². The van der Waals surface area contributed by atoms with Crippen LogP contribution in [0.1, 0.15) is 21.7 Å². The first-order chi connectivity index (χ1) is 12.7. The number of aromatic nitrogens is 1. The molecule has 0 aliphatic heterocycles. The maximum atomic E-state index is 12.6. The van der Waals surface area contributed by atoms with E-state index in [1.807, 2.05) is 30.3 Å². The molecule has 1 atom stereocenters. The lowest BCUT2D eigenvalue weighted by atomic mass is 10.0. The minimum Gasteiger partial charge on any atom is -0.467 e. The van der Waals surface area contributed by atoms with Crippen molar-refractivity contribution in [3.63, 3.8) is 0 Å². The van der Waals surface area contributed by atoms with Crippen LogP contribution in [0.15, 0.2) is 77.7 Å². The maximum Gasteiger partial charge on any atom is 0.253 e. The van der Waals surface area contributed by atoms with Crippen LogP contribution in [-0.4, -0.2) is 22.8 Å². The van der Waals surface area contributed by atoms with Crippen molar-refractivity contribution in [2.75, 3.05) is 0 Å². The number of nitrogens with zero attached hydrogens (tertiary/aromatic N) is 1. The van der Waals surface area contributed by atoms with E-state index in [0.717, 1.165) is 5.56 Å². The van der Waals surface area contributed by atoms with Crippen LogP contribution >= 0.6 is 0 Å². The van der Waals surface area contributed by atoms with Crippen molar-refractivity contribution in [1.82, 2.24) is 15.6 Å². The molecule has 1 unspecified atom stereocenters. The van der Waals surface area contributed by atoms with E-state index in [2.05, 4.69) is 15.6 Å². The SMILES string of the molecule is O=C(NC(Cc1ccccc1)C(=O)NCc1ccco1)c1cccnc1. The molecule has 3 rings (SSSR count). The Balaban J connectivity index is 1.70. The third-order valence-electron chi connectivity index (χ3n) is 3.85. The van der Waals surface area contributed by atoms with Crippen LogP contribution in [0.25, 0.3) is 0 Å². The van der Waals surface area contributed by atoms with Crippen LogP contribution in [0.5, 0.6) is 0 Å². The van der Waals surface area contributed by atoms with Gasteiger partial charge in [0.05, 0.1) is 18.4 Å². The average molecular weight is 349 g/mol. The second-order valence-electron chi connectivity index (χ2n) is 5.75. The summed E-state index contributed by atoms with van der Waals surface area (Å²) in [5.41, 5.74) is 1.36. The van der Waals surface area contributed by atoms with Gasteiger partial charge >= 0.3 is 0 Å². The molecule has 2 aromatic heterocycles. The van der Waals surface area contributed by atoms with Gasteiger partial charge in [0.25, 0.3) is 5.91 Å². The molecule has 0 radical (unpaired) electrons. The van der Waals surface area contributed by atoms with Gasteiger partial charge in [0.1, 0.15) is 11.8 Å². The van der Waals surface area contributed by atoms with Gasteiger partial charge in [0.2, 0.25) is 5.91 Å². The van der Waals surface area contributed by atoms with E-state index in [9.17, 15) is 9.59 Å². The number of carbonyl (C=O) groups excluding carboxylic acids is 2. The van der Waals surface area contributed by atoms with Gasteiger partial charge in [-0.25, -0.2) is 0 Å². The van der Waals surface area contributed by atoms with Crippen molar-refractivity contribution < 1.29 is 14.0 Å². The zero-order chi connectivity index (χ0) is 18.2. The maximum absolute atomic E-state index is 12.6. The summed E-state index contributed by atoms with van der Waals surface area (Å²) in [6.45, 7) is 0.264. The first-order valence-electron chi connectivity index (χ1n) is 8.27. The smallest absolute Gasteiger partial charge is 0.253 e. The van der Waals surface area contributed by atoms with E-state index in [0.29, 0.717) is 17.7 Å². The second kappa shape index (κ2) is 8.62. The summed E-state index contributed by atoms with van der Waals surface area (Å²) in [6, 6.07) is 15.7. The van der Waals surface area contributed by atoms with Crippen LogP contribution in [0.3, 0.4) is 0 Å². The van der Waals surface area contributed by atoms with Crippen LogP contribution in [-0.2, 0) is 17.8 Å². The zero-order valence-electron chi connectivity index (χ0n) is 14.1. The molecular weight excluding hydrogens is 330 g/mol. The summed E-state index contributed by atoms with van der Waals surface area (Å²) in [5.74, 6) is 0.0325. The molecule has 132 valence electrons. The van der Waals surface area contributed by atoms with Gasteiger partial charge in [-0.15, -0.1) is 0 Å². The van der Waals surface area contributed by atoms with Gasteiger partial charge in [0, 0.05) is 18.8 Å². The van der Waals surface area contributed by atoms with Gasteiger partial charge in [-0.2, -0.15) is 0 Å². The van der Waals surface area contributed by atoms with Crippen molar-refractivity contribution in [2.45, 2.75) is 19.0 Å². The monoisotopic (exact) mass is 349 g/mol. The lowest BCUT2D eigenvalue weighted by Gasteiger charge is -2.18.